The van der Waals surface area contributed by atoms with E-state index in [0.29, 0.717) is 30.7 Å². The van der Waals surface area contributed by atoms with E-state index in [1.165, 1.54) is 7.05 Å². The second-order valence-electron chi connectivity index (χ2n) is 7.20. The Labute approximate surface area is 167 Å². The van der Waals surface area contributed by atoms with E-state index < -0.39 is 17.5 Å². The van der Waals surface area contributed by atoms with E-state index in [1.807, 2.05) is 25.1 Å². The van der Waals surface area contributed by atoms with Crippen LogP contribution in [0.1, 0.15) is 21.5 Å². The number of furan rings is 1. The highest BCUT2D eigenvalue weighted by Gasteiger charge is 2.26. The van der Waals surface area contributed by atoms with Gasteiger partial charge in [-0.25, -0.2) is 8.78 Å². The molecule has 1 aliphatic heterocycles. The molecule has 1 aliphatic rings. The summed E-state index contributed by atoms with van der Waals surface area (Å²) in [7, 11) is 1.41. The van der Waals surface area contributed by atoms with Crippen molar-refractivity contribution >= 4 is 16.9 Å². The zero-order valence-electron chi connectivity index (χ0n) is 16.3. The van der Waals surface area contributed by atoms with Crippen molar-refractivity contribution in [3.05, 3.63) is 58.7 Å². The van der Waals surface area contributed by atoms with Gasteiger partial charge in [0, 0.05) is 43.1 Å². The lowest BCUT2D eigenvalue weighted by molar-refractivity contribution is 0.0294. The van der Waals surface area contributed by atoms with Gasteiger partial charge in [-0.1, -0.05) is 12.1 Å². The number of rotatable bonds is 4. The first-order valence-corrected chi connectivity index (χ1v) is 9.53. The largest absolute Gasteiger partial charge is 0.456 e. The Morgan fingerprint density at radius 2 is 2.00 bits per heavy atom. The molecule has 4 rings (SSSR count). The molecule has 3 aromatic rings. The van der Waals surface area contributed by atoms with Crippen molar-refractivity contribution in [2.75, 3.05) is 26.7 Å². The second-order valence-corrected chi connectivity index (χ2v) is 7.20. The summed E-state index contributed by atoms with van der Waals surface area (Å²) in [4.78, 5) is 11.8. The Kier molecular flexibility index (Phi) is 5.34. The van der Waals surface area contributed by atoms with Crippen molar-refractivity contribution in [1.29, 1.82) is 0 Å². The molecule has 5 nitrogen and oxygen atoms in total. The van der Waals surface area contributed by atoms with Crippen molar-refractivity contribution in [1.82, 2.24) is 10.6 Å². The third kappa shape index (κ3) is 3.75. The molecule has 1 aromatic heterocycles. The number of halogens is 2. The van der Waals surface area contributed by atoms with Crippen LogP contribution in [0.3, 0.4) is 0 Å². The molecule has 0 radical (unpaired) electrons. The van der Waals surface area contributed by atoms with Gasteiger partial charge in [-0.2, -0.15) is 0 Å². The van der Waals surface area contributed by atoms with Crippen molar-refractivity contribution in [3.8, 4) is 11.3 Å². The smallest absolute Gasteiger partial charge is 0.251 e. The molecular formula is C22H22F2N2O3. The molecule has 1 atom stereocenters. The fraction of sp³-hybridized carbons (Fsp3) is 0.318. The number of benzene rings is 2. The number of hydrogen-bond donors (Lipinski definition) is 2. The van der Waals surface area contributed by atoms with Crippen molar-refractivity contribution in [2.24, 2.45) is 0 Å². The highest BCUT2D eigenvalue weighted by Crippen LogP contribution is 2.38. The fourth-order valence-electron chi connectivity index (χ4n) is 3.71. The predicted molar refractivity (Wildman–Crippen MR) is 106 cm³/mol. The average molecular weight is 400 g/mol. The highest BCUT2D eigenvalue weighted by molar-refractivity contribution is 5.95. The van der Waals surface area contributed by atoms with Crippen LogP contribution in [0, 0.1) is 18.6 Å². The lowest BCUT2D eigenvalue weighted by Gasteiger charge is -2.23. The molecule has 152 valence electrons. The Morgan fingerprint density at radius 1 is 1.24 bits per heavy atom. The summed E-state index contributed by atoms with van der Waals surface area (Å²) >= 11 is 0. The van der Waals surface area contributed by atoms with E-state index in [4.69, 9.17) is 9.15 Å². The fourth-order valence-corrected chi connectivity index (χ4v) is 3.71. The van der Waals surface area contributed by atoms with Gasteiger partial charge >= 0.3 is 0 Å². The molecule has 1 amide bonds. The van der Waals surface area contributed by atoms with E-state index in [9.17, 15) is 13.6 Å². The zero-order chi connectivity index (χ0) is 20.5. The standard InChI is InChI=1S/C22H22F2N2O3/c1-12-3-4-15-16(10-14-11-26-5-6-28-14)21(29-19(15)7-12)20-17(23)8-13(9-18(20)24)22(27)25-2/h3-4,7-9,14,26H,5-6,10-11H2,1-2H3,(H,25,27)/t14-/m0/s1. The maximum absolute atomic E-state index is 14.9. The number of aryl methyl sites for hydroxylation is 1. The highest BCUT2D eigenvalue weighted by atomic mass is 19.1. The van der Waals surface area contributed by atoms with Crippen LogP contribution in [0.4, 0.5) is 8.78 Å². The van der Waals surface area contributed by atoms with Gasteiger partial charge in [-0.05, 0) is 30.7 Å². The number of hydrogen-bond acceptors (Lipinski definition) is 4. The molecule has 2 heterocycles. The third-order valence-electron chi connectivity index (χ3n) is 5.14. The Balaban J connectivity index is 1.86. The van der Waals surface area contributed by atoms with Gasteiger partial charge in [-0.3, -0.25) is 4.79 Å². The monoisotopic (exact) mass is 400 g/mol. The molecule has 1 saturated heterocycles. The van der Waals surface area contributed by atoms with Gasteiger partial charge in [-0.15, -0.1) is 0 Å². The average Bonchev–Trinajstić information content (AvgIpc) is 3.04. The molecule has 0 saturated carbocycles. The van der Waals surface area contributed by atoms with Crippen LogP contribution in [-0.4, -0.2) is 38.8 Å². The first kappa shape index (κ1) is 19.5. The third-order valence-corrected chi connectivity index (χ3v) is 5.14. The summed E-state index contributed by atoms with van der Waals surface area (Å²) in [6.45, 7) is 3.94. The van der Waals surface area contributed by atoms with Crippen molar-refractivity contribution < 1.29 is 22.7 Å². The Bertz CT molecular complexity index is 1050. The van der Waals surface area contributed by atoms with E-state index >= 15 is 0 Å². The second kappa shape index (κ2) is 7.93. The SMILES string of the molecule is CNC(=O)c1cc(F)c(-c2oc3cc(C)ccc3c2C[C@H]2CNCCO2)c(F)c1. The van der Waals surface area contributed by atoms with E-state index in [-0.39, 0.29) is 23.0 Å². The minimum absolute atomic E-state index is 0.0837. The summed E-state index contributed by atoms with van der Waals surface area (Å²) < 4.78 is 41.6. The van der Waals surface area contributed by atoms with Crippen LogP contribution in [0.15, 0.2) is 34.7 Å². The lowest BCUT2D eigenvalue weighted by Crippen LogP contribution is -2.39. The molecular weight excluding hydrogens is 378 g/mol. The maximum atomic E-state index is 14.9. The number of nitrogens with one attached hydrogen (secondary N) is 2. The molecule has 0 spiro atoms. The van der Waals surface area contributed by atoms with Crippen LogP contribution in [0.5, 0.6) is 0 Å². The summed E-state index contributed by atoms with van der Waals surface area (Å²) in [5.41, 5.74) is 1.88. The van der Waals surface area contributed by atoms with Crippen LogP contribution >= 0.6 is 0 Å². The number of amides is 1. The van der Waals surface area contributed by atoms with Crippen LogP contribution in [-0.2, 0) is 11.2 Å². The Morgan fingerprint density at radius 3 is 2.66 bits per heavy atom. The zero-order valence-corrected chi connectivity index (χ0v) is 16.3. The van der Waals surface area contributed by atoms with Gasteiger partial charge in [0.25, 0.3) is 5.91 Å². The summed E-state index contributed by atoms with van der Waals surface area (Å²) in [5, 5.41) is 6.43. The van der Waals surface area contributed by atoms with E-state index in [2.05, 4.69) is 10.6 Å². The first-order chi connectivity index (χ1) is 14.0. The lowest BCUT2D eigenvalue weighted by atomic mass is 9.97. The van der Waals surface area contributed by atoms with E-state index in [1.54, 1.807) is 0 Å². The maximum Gasteiger partial charge on any atom is 0.251 e. The summed E-state index contributed by atoms with van der Waals surface area (Å²) in [6, 6.07) is 7.73. The quantitative estimate of drug-likeness (QED) is 0.703. The molecule has 29 heavy (non-hydrogen) atoms. The Hall–Kier alpha value is -2.77. The topological polar surface area (TPSA) is 63.5 Å². The molecule has 0 unspecified atom stereocenters. The summed E-state index contributed by atoms with van der Waals surface area (Å²) in [6.07, 6.45) is 0.329. The van der Waals surface area contributed by atoms with E-state index in [0.717, 1.165) is 29.6 Å². The minimum Gasteiger partial charge on any atom is -0.456 e. The number of carbonyl (C=O) groups is 1. The minimum atomic E-state index is -0.844. The number of carbonyl (C=O) groups excluding carboxylic acids is 1. The number of fused-ring (bicyclic) bond motifs is 1. The molecule has 0 bridgehead atoms. The van der Waals surface area contributed by atoms with Gasteiger partial charge < -0.3 is 19.8 Å². The number of morpholine rings is 1. The van der Waals surface area contributed by atoms with Crippen molar-refractivity contribution in [2.45, 2.75) is 19.4 Å². The van der Waals surface area contributed by atoms with Crippen LogP contribution in [0.25, 0.3) is 22.3 Å². The van der Waals surface area contributed by atoms with Crippen molar-refractivity contribution in [3.63, 3.8) is 0 Å². The van der Waals surface area contributed by atoms with Crippen LogP contribution < -0.4 is 10.6 Å². The molecule has 1 fully saturated rings. The predicted octanol–water partition coefficient (Wildman–Crippen LogP) is 3.58. The molecule has 2 N–H and O–H groups in total. The van der Waals surface area contributed by atoms with Gasteiger partial charge in [0.1, 0.15) is 23.0 Å². The summed E-state index contributed by atoms with van der Waals surface area (Å²) in [5.74, 6) is -2.11. The molecule has 0 aliphatic carbocycles. The van der Waals surface area contributed by atoms with Gasteiger partial charge in [0.05, 0.1) is 18.3 Å². The molecule has 2 aromatic carbocycles. The number of ether oxygens (including phenoxy) is 1. The first-order valence-electron chi connectivity index (χ1n) is 9.53. The normalized spacial score (nSPS) is 16.9. The van der Waals surface area contributed by atoms with Crippen LogP contribution in [0.2, 0.25) is 0 Å². The van der Waals surface area contributed by atoms with Gasteiger partial charge in [0.15, 0.2) is 0 Å². The molecule has 7 heteroatoms. The van der Waals surface area contributed by atoms with Gasteiger partial charge in [0.2, 0.25) is 0 Å².